The normalized spacial score (nSPS) is 29.4. The number of benzene rings is 2. The topological polar surface area (TPSA) is 9.23 Å². The molecule has 6 rings (SSSR count). The molecule has 30 heavy (non-hydrogen) atoms. The molecule has 4 saturated carbocycles. The van der Waals surface area contributed by atoms with Crippen LogP contribution >= 0.6 is 0 Å². The van der Waals surface area contributed by atoms with E-state index in [1.54, 1.807) is 46.3 Å². The van der Waals surface area contributed by atoms with Crippen LogP contribution in [0.3, 0.4) is 0 Å². The summed E-state index contributed by atoms with van der Waals surface area (Å²) in [6, 6.07) is 22.3. The van der Waals surface area contributed by atoms with E-state index in [9.17, 15) is 0 Å². The lowest BCUT2D eigenvalue weighted by molar-refractivity contribution is -0.0920. The van der Waals surface area contributed by atoms with E-state index in [4.69, 9.17) is 0 Å². The summed E-state index contributed by atoms with van der Waals surface area (Å²) in [7, 11) is 3.25. The van der Waals surface area contributed by atoms with E-state index in [2.05, 4.69) is 37.6 Å². The highest BCUT2D eigenvalue weighted by atomic mass is 16.4. The second-order valence-electron chi connectivity index (χ2n) is 9.80. The smallest absolute Gasteiger partial charge is 0.0351 e. The SMILES string of the molecule is CC.CC12CC3CC(C1)CC(C)(C3)C2.COC.Cc1ccccc1.c1ccccc1. The summed E-state index contributed by atoms with van der Waals surface area (Å²) in [5, 5.41) is 0. The molecule has 1 heteroatoms. The van der Waals surface area contributed by atoms with E-state index in [-0.39, 0.29) is 0 Å². The van der Waals surface area contributed by atoms with Gasteiger partial charge in [0.05, 0.1) is 0 Å². The standard InChI is InChI=1S/C12H20.C7H8.C6H6.C2H6O.C2H6/c1-11-4-9-3-10(5-11)7-12(2,6-9)8-11;1-7-5-3-2-4-6-7;1-2-4-6-5-3-1;1-3-2;1-2/h9-10H,3-8H2,1-2H3;2-6H,1H3;1-6H;1-2H3;1-2H3. The Morgan fingerprint density at radius 2 is 0.967 bits per heavy atom. The Morgan fingerprint density at radius 1 is 0.667 bits per heavy atom. The van der Waals surface area contributed by atoms with Crippen LogP contribution in [0.15, 0.2) is 66.7 Å². The van der Waals surface area contributed by atoms with Gasteiger partial charge in [0, 0.05) is 14.2 Å². The maximum Gasteiger partial charge on any atom is 0.0351 e. The van der Waals surface area contributed by atoms with Crippen LogP contribution in [0.2, 0.25) is 0 Å². The molecule has 0 N–H and O–H groups in total. The van der Waals surface area contributed by atoms with Gasteiger partial charge in [-0.25, -0.2) is 0 Å². The quantitative estimate of drug-likeness (QED) is 0.422. The molecule has 0 amide bonds. The Hall–Kier alpha value is -1.60. The lowest BCUT2D eigenvalue weighted by atomic mass is 9.45. The Morgan fingerprint density at radius 3 is 1.20 bits per heavy atom. The van der Waals surface area contributed by atoms with Crippen LogP contribution in [0.25, 0.3) is 0 Å². The van der Waals surface area contributed by atoms with Crippen LogP contribution in [0.1, 0.15) is 71.8 Å². The Labute approximate surface area is 187 Å². The van der Waals surface area contributed by atoms with E-state index in [1.165, 1.54) is 12.0 Å². The molecule has 4 aliphatic carbocycles. The number of methoxy groups -OCH3 is 1. The van der Waals surface area contributed by atoms with Gasteiger partial charge in [-0.1, -0.05) is 100.0 Å². The van der Waals surface area contributed by atoms with Gasteiger partial charge in [-0.05, 0) is 68.1 Å². The molecule has 0 unspecified atom stereocenters. The van der Waals surface area contributed by atoms with Crippen molar-refractivity contribution in [2.45, 2.75) is 73.1 Å². The molecule has 4 fully saturated rings. The Balaban J connectivity index is 0.000000216. The fourth-order valence-corrected chi connectivity index (χ4v) is 6.14. The van der Waals surface area contributed by atoms with Crippen molar-refractivity contribution < 1.29 is 4.74 Å². The van der Waals surface area contributed by atoms with E-state index in [1.807, 2.05) is 68.4 Å². The lowest BCUT2D eigenvalue weighted by Crippen LogP contribution is -2.49. The molecule has 0 radical (unpaired) electrons. The molecule has 0 aromatic heterocycles. The first kappa shape index (κ1) is 26.4. The largest absolute Gasteiger partial charge is 0.388 e. The Kier molecular flexibility index (Phi) is 12.0. The minimum atomic E-state index is 0.763. The van der Waals surface area contributed by atoms with Gasteiger partial charge in [0.2, 0.25) is 0 Å². The first-order valence-electron chi connectivity index (χ1n) is 11.8. The van der Waals surface area contributed by atoms with Crippen molar-refractivity contribution in [2.24, 2.45) is 22.7 Å². The molecular formula is C29H46O. The van der Waals surface area contributed by atoms with Gasteiger partial charge in [-0.3, -0.25) is 0 Å². The van der Waals surface area contributed by atoms with Crippen molar-refractivity contribution in [3.63, 3.8) is 0 Å². The molecule has 2 aromatic carbocycles. The van der Waals surface area contributed by atoms with Gasteiger partial charge in [0.15, 0.2) is 0 Å². The van der Waals surface area contributed by atoms with Crippen LogP contribution in [-0.2, 0) is 4.74 Å². The summed E-state index contributed by atoms with van der Waals surface area (Å²) < 4.78 is 4.25. The van der Waals surface area contributed by atoms with Crippen molar-refractivity contribution in [3.8, 4) is 0 Å². The van der Waals surface area contributed by atoms with Gasteiger partial charge in [0.25, 0.3) is 0 Å². The number of aryl methyl sites for hydroxylation is 1. The van der Waals surface area contributed by atoms with Crippen molar-refractivity contribution in [1.29, 1.82) is 0 Å². The minimum absolute atomic E-state index is 0.763. The van der Waals surface area contributed by atoms with Crippen molar-refractivity contribution in [3.05, 3.63) is 72.3 Å². The summed E-state index contributed by atoms with van der Waals surface area (Å²) in [4.78, 5) is 0. The highest BCUT2D eigenvalue weighted by Crippen LogP contribution is 2.64. The fraction of sp³-hybridized carbons (Fsp3) is 0.586. The van der Waals surface area contributed by atoms with Crippen LogP contribution in [-0.4, -0.2) is 14.2 Å². The zero-order valence-electron chi connectivity index (χ0n) is 20.7. The minimum Gasteiger partial charge on any atom is -0.388 e. The van der Waals surface area contributed by atoms with Crippen LogP contribution in [0, 0.1) is 29.6 Å². The number of hydrogen-bond acceptors (Lipinski definition) is 1. The second-order valence-corrected chi connectivity index (χ2v) is 9.80. The average molecular weight is 411 g/mol. The van der Waals surface area contributed by atoms with Crippen LogP contribution < -0.4 is 0 Å². The zero-order valence-corrected chi connectivity index (χ0v) is 20.7. The molecular weight excluding hydrogens is 364 g/mol. The Bertz CT molecular complexity index is 588. The third-order valence-electron chi connectivity index (χ3n) is 6.25. The van der Waals surface area contributed by atoms with Crippen LogP contribution in [0.5, 0.6) is 0 Å². The number of rotatable bonds is 0. The predicted octanol–water partition coefficient (Wildman–Crippen LogP) is 8.58. The molecule has 1 nitrogen and oxygen atoms in total. The number of hydrogen-bond donors (Lipinski definition) is 0. The molecule has 0 atom stereocenters. The maximum atomic E-state index is 4.25. The fourth-order valence-electron chi connectivity index (χ4n) is 6.14. The van der Waals surface area contributed by atoms with E-state index in [0.717, 1.165) is 22.7 Å². The zero-order chi connectivity index (χ0) is 22.5. The molecule has 0 saturated heterocycles. The molecule has 0 aliphatic heterocycles. The highest BCUT2D eigenvalue weighted by molar-refractivity contribution is 5.11. The van der Waals surface area contributed by atoms with Crippen molar-refractivity contribution in [1.82, 2.24) is 0 Å². The second kappa shape index (κ2) is 13.7. The predicted molar refractivity (Wildman–Crippen MR) is 133 cm³/mol. The number of ether oxygens (including phenoxy) is 1. The summed E-state index contributed by atoms with van der Waals surface area (Å²) in [5.74, 6) is 2.22. The third-order valence-corrected chi connectivity index (χ3v) is 6.25. The van der Waals surface area contributed by atoms with E-state index in [0.29, 0.717) is 0 Å². The molecule has 0 heterocycles. The summed E-state index contributed by atoms with van der Waals surface area (Å²) in [6.45, 7) is 11.2. The van der Waals surface area contributed by atoms with Gasteiger partial charge in [-0.15, -0.1) is 0 Å². The lowest BCUT2D eigenvalue weighted by Gasteiger charge is -2.60. The van der Waals surface area contributed by atoms with E-state index < -0.39 is 0 Å². The van der Waals surface area contributed by atoms with Crippen molar-refractivity contribution >= 4 is 0 Å². The third kappa shape index (κ3) is 9.47. The van der Waals surface area contributed by atoms with Gasteiger partial charge >= 0.3 is 0 Å². The maximum absolute atomic E-state index is 4.25. The molecule has 2 aromatic rings. The summed E-state index contributed by atoms with van der Waals surface area (Å²) >= 11 is 0. The van der Waals surface area contributed by atoms with Gasteiger partial charge < -0.3 is 4.74 Å². The first-order chi connectivity index (χ1) is 14.4. The molecule has 4 bridgehead atoms. The molecule has 4 aliphatic rings. The van der Waals surface area contributed by atoms with Crippen molar-refractivity contribution in [2.75, 3.05) is 14.2 Å². The summed E-state index contributed by atoms with van der Waals surface area (Å²) in [5.41, 5.74) is 2.85. The molecule has 168 valence electrons. The first-order valence-corrected chi connectivity index (χ1v) is 11.8. The average Bonchev–Trinajstić information content (AvgIpc) is 2.70. The van der Waals surface area contributed by atoms with E-state index >= 15 is 0 Å². The molecule has 0 spiro atoms. The van der Waals surface area contributed by atoms with Crippen LogP contribution in [0.4, 0.5) is 0 Å². The summed E-state index contributed by atoms with van der Waals surface area (Å²) in [6.07, 6.45) is 9.33. The van der Waals surface area contributed by atoms with Gasteiger partial charge in [0.1, 0.15) is 0 Å². The monoisotopic (exact) mass is 410 g/mol. The highest BCUT2D eigenvalue weighted by Gasteiger charge is 2.53. The van der Waals surface area contributed by atoms with Gasteiger partial charge in [-0.2, -0.15) is 0 Å².